The van der Waals surface area contributed by atoms with Crippen LogP contribution in [-0.2, 0) is 11.3 Å². The molecular weight excluding hydrogens is 351 g/mol. The van der Waals surface area contributed by atoms with Crippen molar-refractivity contribution in [2.45, 2.75) is 24.8 Å². The van der Waals surface area contributed by atoms with Gasteiger partial charge in [-0.1, -0.05) is 12.1 Å². The molecule has 0 atom stereocenters. The van der Waals surface area contributed by atoms with E-state index in [0.29, 0.717) is 12.2 Å². The van der Waals surface area contributed by atoms with E-state index in [9.17, 15) is 9.18 Å². The third kappa shape index (κ3) is 4.70. The highest BCUT2D eigenvalue weighted by molar-refractivity contribution is 7.99. The van der Waals surface area contributed by atoms with Gasteiger partial charge in [0.1, 0.15) is 12.1 Å². The lowest BCUT2D eigenvalue weighted by Crippen LogP contribution is -2.12. The van der Waals surface area contributed by atoms with Gasteiger partial charge in [0.15, 0.2) is 5.82 Å². The number of amides is 1. The largest absolute Gasteiger partial charge is 0.326 e. The van der Waals surface area contributed by atoms with E-state index in [1.165, 1.54) is 23.9 Å². The van der Waals surface area contributed by atoms with Crippen LogP contribution < -0.4 is 5.32 Å². The van der Waals surface area contributed by atoms with Crippen LogP contribution in [0.15, 0.2) is 59.8 Å². The van der Waals surface area contributed by atoms with Crippen LogP contribution in [0.25, 0.3) is 11.4 Å². The number of aryl methyl sites for hydroxylation is 1. The minimum atomic E-state index is -0.258. The fourth-order valence-corrected chi connectivity index (χ4v) is 3.31. The van der Waals surface area contributed by atoms with Gasteiger partial charge in [0.25, 0.3) is 0 Å². The highest BCUT2D eigenvalue weighted by Crippen LogP contribution is 2.22. The first kappa shape index (κ1) is 18.1. The van der Waals surface area contributed by atoms with Crippen LogP contribution >= 0.6 is 11.8 Å². The maximum absolute atomic E-state index is 12.9. The van der Waals surface area contributed by atoms with E-state index in [-0.39, 0.29) is 11.7 Å². The van der Waals surface area contributed by atoms with Gasteiger partial charge >= 0.3 is 0 Å². The summed E-state index contributed by atoms with van der Waals surface area (Å²) >= 11 is 1.53. The first-order valence-electron chi connectivity index (χ1n) is 8.32. The summed E-state index contributed by atoms with van der Waals surface area (Å²) in [7, 11) is 0. The molecule has 26 heavy (non-hydrogen) atoms. The van der Waals surface area contributed by atoms with Gasteiger partial charge in [0, 0.05) is 34.9 Å². The molecular formula is C19H19FN4OS. The van der Waals surface area contributed by atoms with E-state index in [2.05, 4.69) is 15.5 Å². The second-order valence-electron chi connectivity index (χ2n) is 5.62. The smallest absolute Gasteiger partial charge is 0.225 e. The van der Waals surface area contributed by atoms with Gasteiger partial charge in [-0.25, -0.2) is 4.39 Å². The fraction of sp³-hybridized carbons (Fsp3) is 0.211. The van der Waals surface area contributed by atoms with Gasteiger partial charge in [-0.15, -0.1) is 22.0 Å². The number of aromatic nitrogens is 3. The molecule has 1 aromatic heterocycles. The normalized spacial score (nSPS) is 10.7. The molecule has 1 N–H and O–H groups in total. The van der Waals surface area contributed by atoms with E-state index >= 15 is 0 Å². The Morgan fingerprint density at radius 2 is 2.04 bits per heavy atom. The molecule has 0 saturated carbocycles. The topological polar surface area (TPSA) is 59.8 Å². The standard InChI is InChI=1S/C19H19FN4OS/c1-2-24-13-21-23-19(24)14-4-3-5-16(12-14)22-18(25)10-11-26-17-8-6-15(20)7-9-17/h3-9,12-13H,2,10-11H2,1H3,(H,22,25). The molecule has 0 aliphatic heterocycles. The number of nitrogens with one attached hydrogen (secondary N) is 1. The molecule has 0 spiro atoms. The Bertz CT molecular complexity index is 879. The summed E-state index contributed by atoms with van der Waals surface area (Å²) in [4.78, 5) is 13.1. The molecule has 0 unspecified atom stereocenters. The van der Waals surface area contributed by atoms with Gasteiger partial charge in [-0.05, 0) is 43.3 Å². The second-order valence-corrected chi connectivity index (χ2v) is 6.79. The van der Waals surface area contributed by atoms with E-state index in [1.807, 2.05) is 35.8 Å². The maximum atomic E-state index is 12.9. The zero-order valence-corrected chi connectivity index (χ0v) is 15.2. The molecule has 134 valence electrons. The molecule has 1 amide bonds. The Hall–Kier alpha value is -2.67. The Kier molecular flexibility index (Phi) is 6.01. The van der Waals surface area contributed by atoms with Gasteiger partial charge in [0.2, 0.25) is 5.91 Å². The summed E-state index contributed by atoms with van der Waals surface area (Å²) in [6, 6.07) is 13.8. The summed E-state index contributed by atoms with van der Waals surface area (Å²) in [5.74, 6) is 1.08. The highest BCUT2D eigenvalue weighted by atomic mass is 32.2. The van der Waals surface area contributed by atoms with E-state index < -0.39 is 0 Å². The molecule has 0 saturated heterocycles. The first-order valence-corrected chi connectivity index (χ1v) is 9.30. The molecule has 3 aromatic rings. The summed E-state index contributed by atoms with van der Waals surface area (Å²) in [6.07, 6.45) is 2.06. The van der Waals surface area contributed by atoms with Crippen LogP contribution in [0.5, 0.6) is 0 Å². The van der Waals surface area contributed by atoms with Gasteiger partial charge in [-0.3, -0.25) is 4.79 Å². The van der Waals surface area contributed by atoms with Crippen molar-refractivity contribution >= 4 is 23.4 Å². The number of anilines is 1. The van der Waals surface area contributed by atoms with Crippen molar-refractivity contribution < 1.29 is 9.18 Å². The fourth-order valence-electron chi connectivity index (χ4n) is 2.46. The Balaban J connectivity index is 1.56. The monoisotopic (exact) mass is 370 g/mol. The lowest BCUT2D eigenvalue weighted by molar-refractivity contribution is -0.115. The molecule has 7 heteroatoms. The number of rotatable bonds is 7. The summed E-state index contributed by atoms with van der Waals surface area (Å²) in [5, 5.41) is 11.0. The molecule has 0 fully saturated rings. The molecule has 5 nitrogen and oxygen atoms in total. The zero-order valence-electron chi connectivity index (χ0n) is 14.4. The van der Waals surface area contributed by atoms with Crippen LogP contribution in [0.4, 0.5) is 10.1 Å². The number of nitrogens with zero attached hydrogens (tertiary/aromatic N) is 3. The number of benzene rings is 2. The van der Waals surface area contributed by atoms with Crippen molar-refractivity contribution in [3.8, 4) is 11.4 Å². The summed E-state index contributed by atoms with van der Waals surface area (Å²) in [6.45, 7) is 2.80. The van der Waals surface area contributed by atoms with Gasteiger partial charge in [-0.2, -0.15) is 0 Å². The number of carbonyl (C=O) groups excluding carboxylic acids is 1. The number of carbonyl (C=O) groups is 1. The summed E-state index contributed by atoms with van der Waals surface area (Å²) < 4.78 is 14.8. The number of hydrogen-bond acceptors (Lipinski definition) is 4. The molecule has 2 aromatic carbocycles. The minimum absolute atomic E-state index is 0.0614. The lowest BCUT2D eigenvalue weighted by Gasteiger charge is -2.08. The van der Waals surface area contributed by atoms with E-state index in [0.717, 1.165) is 28.5 Å². The Labute approximate surface area is 155 Å². The average Bonchev–Trinajstić information content (AvgIpc) is 3.12. The highest BCUT2D eigenvalue weighted by Gasteiger charge is 2.08. The van der Waals surface area contributed by atoms with Crippen molar-refractivity contribution in [1.82, 2.24) is 14.8 Å². The van der Waals surface area contributed by atoms with Crippen LogP contribution in [-0.4, -0.2) is 26.4 Å². The number of hydrogen-bond donors (Lipinski definition) is 1. The van der Waals surface area contributed by atoms with Crippen molar-refractivity contribution in [1.29, 1.82) is 0 Å². The molecule has 0 radical (unpaired) electrons. The molecule has 0 aliphatic rings. The van der Waals surface area contributed by atoms with Crippen LogP contribution in [0.3, 0.4) is 0 Å². The third-order valence-electron chi connectivity index (χ3n) is 3.77. The van der Waals surface area contributed by atoms with Crippen molar-refractivity contribution in [2.75, 3.05) is 11.1 Å². The lowest BCUT2D eigenvalue weighted by atomic mass is 10.2. The van der Waals surface area contributed by atoms with Crippen molar-refractivity contribution in [2.24, 2.45) is 0 Å². The van der Waals surface area contributed by atoms with E-state index in [4.69, 9.17) is 0 Å². The van der Waals surface area contributed by atoms with E-state index in [1.54, 1.807) is 18.5 Å². The molecule has 0 aliphatic carbocycles. The Morgan fingerprint density at radius 3 is 2.81 bits per heavy atom. The van der Waals surface area contributed by atoms with Gasteiger partial charge in [0.05, 0.1) is 0 Å². The van der Waals surface area contributed by atoms with Crippen LogP contribution in [0, 0.1) is 5.82 Å². The van der Waals surface area contributed by atoms with Crippen molar-refractivity contribution in [3.05, 3.63) is 60.7 Å². The van der Waals surface area contributed by atoms with Crippen molar-refractivity contribution in [3.63, 3.8) is 0 Å². The number of thioether (sulfide) groups is 1. The maximum Gasteiger partial charge on any atom is 0.225 e. The summed E-state index contributed by atoms with van der Waals surface area (Å²) in [5.41, 5.74) is 1.63. The SMILES string of the molecule is CCn1cnnc1-c1cccc(NC(=O)CCSc2ccc(F)cc2)c1. The van der Waals surface area contributed by atoms with Crippen LogP contribution in [0.2, 0.25) is 0 Å². The predicted molar refractivity (Wildman–Crippen MR) is 102 cm³/mol. The zero-order chi connectivity index (χ0) is 18.4. The molecule has 1 heterocycles. The third-order valence-corrected chi connectivity index (χ3v) is 4.79. The Morgan fingerprint density at radius 1 is 1.23 bits per heavy atom. The average molecular weight is 370 g/mol. The number of halogens is 1. The molecule has 3 rings (SSSR count). The minimum Gasteiger partial charge on any atom is -0.326 e. The quantitative estimate of drug-likeness (QED) is 0.633. The molecule has 0 bridgehead atoms. The second kappa shape index (κ2) is 8.62. The first-order chi connectivity index (χ1) is 12.7. The predicted octanol–water partition coefficient (Wildman–Crippen LogP) is 4.23. The van der Waals surface area contributed by atoms with Gasteiger partial charge < -0.3 is 9.88 Å². The van der Waals surface area contributed by atoms with Crippen LogP contribution in [0.1, 0.15) is 13.3 Å².